The van der Waals surface area contributed by atoms with Crippen LogP contribution in [0.1, 0.15) is 265 Å². The van der Waals surface area contributed by atoms with E-state index in [1.807, 2.05) is 0 Å². The van der Waals surface area contributed by atoms with Crippen LogP contribution in [0.4, 0.5) is 0 Å². The molecule has 0 radical (unpaired) electrons. The molecule has 3 unspecified atom stereocenters. The smallest absolute Gasteiger partial charge is 0.306 e. The van der Waals surface area contributed by atoms with Gasteiger partial charge in [-0.2, -0.15) is 0 Å². The summed E-state index contributed by atoms with van der Waals surface area (Å²) >= 11 is 0. The molecule has 0 bridgehead atoms. The highest BCUT2D eigenvalue weighted by Crippen LogP contribution is 2.17. The molecule has 1 amide bonds. The zero-order valence-electron chi connectivity index (χ0n) is 40.5. The molecule has 6 heteroatoms. The van der Waals surface area contributed by atoms with E-state index in [4.69, 9.17) is 4.74 Å². The molecular weight excluding hydrogens is 755 g/mol. The van der Waals surface area contributed by atoms with Gasteiger partial charge in [0.25, 0.3) is 0 Å². The Morgan fingerprint density at radius 3 is 1.38 bits per heavy atom. The fourth-order valence-electron chi connectivity index (χ4n) is 7.83. The first-order chi connectivity index (χ1) is 30.0. The number of nitrogens with one attached hydrogen (secondary N) is 1. The Hall–Kier alpha value is -2.18. The molecule has 6 nitrogen and oxygen atoms in total. The molecule has 0 aliphatic rings. The second kappa shape index (κ2) is 48.8. The maximum Gasteiger partial charge on any atom is 0.306 e. The van der Waals surface area contributed by atoms with Crippen molar-refractivity contribution in [1.29, 1.82) is 0 Å². The Kier molecular flexibility index (Phi) is 47.1. The maximum absolute atomic E-state index is 13.2. The van der Waals surface area contributed by atoms with E-state index in [9.17, 15) is 19.8 Å². The van der Waals surface area contributed by atoms with E-state index in [0.717, 1.165) is 89.9 Å². The van der Waals surface area contributed by atoms with Gasteiger partial charge in [-0.05, 0) is 83.5 Å². The first-order valence-corrected chi connectivity index (χ1v) is 26.4. The van der Waals surface area contributed by atoms with Gasteiger partial charge in [-0.3, -0.25) is 9.59 Å². The van der Waals surface area contributed by atoms with Gasteiger partial charge in [0.05, 0.1) is 25.2 Å². The molecule has 0 spiro atoms. The molecule has 61 heavy (non-hydrogen) atoms. The van der Waals surface area contributed by atoms with Gasteiger partial charge in [0, 0.05) is 6.42 Å². The van der Waals surface area contributed by atoms with Crippen molar-refractivity contribution in [1.82, 2.24) is 5.32 Å². The first-order valence-electron chi connectivity index (χ1n) is 26.4. The molecule has 0 saturated carbocycles. The molecule has 0 heterocycles. The number of ether oxygens (including phenoxy) is 1. The van der Waals surface area contributed by atoms with Crippen molar-refractivity contribution in [3.63, 3.8) is 0 Å². The predicted molar refractivity (Wildman–Crippen MR) is 264 cm³/mol. The number of allylic oxidation sites excluding steroid dienone is 8. The standard InChI is InChI=1S/C55H101NO5/c1-4-7-10-13-16-19-21-23-25-26-27-28-29-31-33-36-39-42-45-48-55(60)61-51(46-43-40-37-34-18-15-12-9-6-3)49-54(59)56-52(50-57)53(58)47-44-41-38-35-32-30-24-22-20-17-14-11-8-5-2/h15-16,18-19,23,25,27-28,51-53,57-58H,4-14,17,20-22,24,26,29-50H2,1-3H3,(H,56,59)/b18-15-,19-16-,25-23-,28-27-. The molecule has 0 aliphatic heterocycles. The number of hydrogen-bond donors (Lipinski definition) is 3. The van der Waals surface area contributed by atoms with Crippen molar-refractivity contribution < 1.29 is 24.5 Å². The van der Waals surface area contributed by atoms with Gasteiger partial charge >= 0.3 is 5.97 Å². The van der Waals surface area contributed by atoms with Crippen LogP contribution in [0.5, 0.6) is 0 Å². The van der Waals surface area contributed by atoms with Crippen LogP contribution < -0.4 is 5.32 Å². The van der Waals surface area contributed by atoms with Crippen LogP contribution in [-0.4, -0.2) is 46.9 Å². The van der Waals surface area contributed by atoms with Crippen molar-refractivity contribution in [2.24, 2.45) is 0 Å². The van der Waals surface area contributed by atoms with Gasteiger partial charge in [0.2, 0.25) is 5.91 Å². The fourth-order valence-corrected chi connectivity index (χ4v) is 7.83. The van der Waals surface area contributed by atoms with Crippen molar-refractivity contribution in [3.05, 3.63) is 48.6 Å². The van der Waals surface area contributed by atoms with Crippen LogP contribution in [-0.2, 0) is 14.3 Å². The lowest BCUT2D eigenvalue weighted by Gasteiger charge is -2.24. The van der Waals surface area contributed by atoms with Crippen LogP contribution in [0.2, 0.25) is 0 Å². The van der Waals surface area contributed by atoms with E-state index >= 15 is 0 Å². The Labute approximate surface area is 378 Å². The molecule has 0 fully saturated rings. The van der Waals surface area contributed by atoms with E-state index in [-0.39, 0.29) is 24.9 Å². The average molecular weight is 856 g/mol. The topological polar surface area (TPSA) is 95.9 Å². The highest BCUT2D eigenvalue weighted by atomic mass is 16.5. The SMILES string of the molecule is CCCC/C=C\CCCCCC(CC(=O)NC(CO)C(O)CCCCCCCCCCCCCCCC)OC(=O)CCCCCCCC/C=C\C/C=C\C/C=C\CCCCC. The summed E-state index contributed by atoms with van der Waals surface area (Å²) in [6.07, 6.45) is 58.9. The van der Waals surface area contributed by atoms with Gasteiger partial charge in [-0.25, -0.2) is 0 Å². The predicted octanol–water partition coefficient (Wildman–Crippen LogP) is 15.8. The summed E-state index contributed by atoms with van der Waals surface area (Å²) in [6, 6.07) is -0.708. The minimum absolute atomic E-state index is 0.0615. The number of carbonyl (C=O) groups is 2. The van der Waals surface area contributed by atoms with Gasteiger partial charge in [0.15, 0.2) is 0 Å². The van der Waals surface area contributed by atoms with Crippen molar-refractivity contribution in [2.75, 3.05) is 6.61 Å². The van der Waals surface area contributed by atoms with Gasteiger partial charge in [-0.15, -0.1) is 0 Å². The molecule has 0 rings (SSSR count). The number of aliphatic hydroxyl groups excluding tert-OH is 2. The monoisotopic (exact) mass is 856 g/mol. The van der Waals surface area contributed by atoms with Crippen LogP contribution in [0, 0.1) is 0 Å². The molecule has 0 aliphatic carbocycles. The zero-order chi connectivity index (χ0) is 44.5. The quantitative estimate of drug-likeness (QED) is 0.0322. The lowest BCUT2D eigenvalue weighted by Crippen LogP contribution is -2.46. The van der Waals surface area contributed by atoms with Crippen LogP contribution in [0.25, 0.3) is 0 Å². The van der Waals surface area contributed by atoms with Crippen molar-refractivity contribution in [3.8, 4) is 0 Å². The van der Waals surface area contributed by atoms with E-state index < -0.39 is 18.2 Å². The van der Waals surface area contributed by atoms with Crippen LogP contribution in [0.3, 0.4) is 0 Å². The van der Waals surface area contributed by atoms with E-state index in [1.165, 1.54) is 128 Å². The number of amides is 1. The summed E-state index contributed by atoms with van der Waals surface area (Å²) in [6.45, 7) is 6.41. The summed E-state index contributed by atoms with van der Waals surface area (Å²) in [5, 5.41) is 23.7. The molecule has 356 valence electrons. The Morgan fingerprint density at radius 1 is 0.475 bits per heavy atom. The Balaban J connectivity index is 4.46. The molecule has 3 atom stereocenters. The summed E-state index contributed by atoms with van der Waals surface area (Å²) in [7, 11) is 0. The Morgan fingerprint density at radius 2 is 0.852 bits per heavy atom. The lowest BCUT2D eigenvalue weighted by molar-refractivity contribution is -0.151. The lowest BCUT2D eigenvalue weighted by atomic mass is 10.0. The normalized spacial score (nSPS) is 13.6. The third kappa shape index (κ3) is 44.2. The first kappa shape index (κ1) is 58.8. The maximum atomic E-state index is 13.2. The number of aliphatic hydroxyl groups is 2. The molecule has 0 aromatic carbocycles. The largest absolute Gasteiger partial charge is 0.462 e. The highest BCUT2D eigenvalue weighted by molar-refractivity contribution is 5.77. The third-order valence-electron chi connectivity index (χ3n) is 11.9. The Bertz CT molecular complexity index is 1050. The molecule has 0 aromatic heterocycles. The zero-order valence-corrected chi connectivity index (χ0v) is 40.5. The summed E-state index contributed by atoms with van der Waals surface area (Å²) in [4.78, 5) is 26.1. The third-order valence-corrected chi connectivity index (χ3v) is 11.9. The van der Waals surface area contributed by atoms with Gasteiger partial charge in [0.1, 0.15) is 6.10 Å². The molecule has 0 aromatic rings. The van der Waals surface area contributed by atoms with Crippen molar-refractivity contribution >= 4 is 11.9 Å². The minimum Gasteiger partial charge on any atom is -0.462 e. The van der Waals surface area contributed by atoms with Gasteiger partial charge in [-0.1, -0.05) is 217 Å². The van der Waals surface area contributed by atoms with E-state index in [1.54, 1.807) is 0 Å². The second-order valence-corrected chi connectivity index (χ2v) is 17.9. The van der Waals surface area contributed by atoms with E-state index in [0.29, 0.717) is 19.3 Å². The molecular formula is C55H101NO5. The average Bonchev–Trinajstić information content (AvgIpc) is 3.25. The van der Waals surface area contributed by atoms with Gasteiger partial charge < -0.3 is 20.3 Å². The van der Waals surface area contributed by atoms with Crippen molar-refractivity contribution in [2.45, 2.75) is 283 Å². The number of esters is 1. The van der Waals surface area contributed by atoms with Crippen LogP contribution in [0.15, 0.2) is 48.6 Å². The van der Waals surface area contributed by atoms with Crippen LogP contribution >= 0.6 is 0 Å². The van der Waals surface area contributed by atoms with E-state index in [2.05, 4.69) is 74.7 Å². The fraction of sp³-hybridized carbons (Fsp3) is 0.818. The summed E-state index contributed by atoms with van der Waals surface area (Å²) < 4.78 is 5.91. The molecule has 3 N–H and O–H groups in total. The number of hydrogen-bond acceptors (Lipinski definition) is 5. The summed E-state index contributed by atoms with van der Waals surface area (Å²) in [5.74, 6) is -0.502. The highest BCUT2D eigenvalue weighted by Gasteiger charge is 2.24. The number of unbranched alkanes of at least 4 members (excludes halogenated alkanes) is 27. The molecule has 0 saturated heterocycles. The second-order valence-electron chi connectivity index (χ2n) is 17.9. The summed E-state index contributed by atoms with van der Waals surface area (Å²) in [5.41, 5.74) is 0. The minimum atomic E-state index is -0.793. The number of rotatable bonds is 47. The number of carbonyl (C=O) groups excluding carboxylic acids is 2.